The van der Waals surface area contributed by atoms with E-state index < -0.39 is 0 Å². The second kappa shape index (κ2) is 6.14. The highest BCUT2D eigenvalue weighted by Crippen LogP contribution is 2.32. The maximum absolute atomic E-state index is 12.9. The zero-order valence-corrected chi connectivity index (χ0v) is 13.4. The third-order valence-corrected chi connectivity index (χ3v) is 4.53. The van der Waals surface area contributed by atoms with E-state index in [0.29, 0.717) is 36.4 Å². The second-order valence-corrected chi connectivity index (χ2v) is 5.91. The van der Waals surface area contributed by atoms with Crippen LogP contribution in [0.25, 0.3) is 0 Å². The maximum Gasteiger partial charge on any atom is 0.298 e. The molecule has 4 rings (SSSR count). The largest absolute Gasteiger partial charge is 0.429 e. The first-order valence-electron chi connectivity index (χ1n) is 7.99. The molecule has 6 heteroatoms. The Balaban J connectivity index is 1.75. The maximum atomic E-state index is 12.9. The van der Waals surface area contributed by atoms with Crippen molar-refractivity contribution in [3.63, 3.8) is 0 Å². The van der Waals surface area contributed by atoms with Crippen LogP contribution in [0, 0.1) is 0 Å². The lowest BCUT2D eigenvalue weighted by molar-refractivity contribution is -0.120. The van der Waals surface area contributed by atoms with E-state index in [0.717, 1.165) is 18.8 Å². The summed E-state index contributed by atoms with van der Waals surface area (Å²) in [4.78, 5) is 38.2. The third-order valence-electron chi connectivity index (χ3n) is 4.53. The van der Waals surface area contributed by atoms with Gasteiger partial charge in [-0.25, -0.2) is 0 Å². The number of anilines is 1. The standard InChI is InChI=1S/C19H15NO5/c21-11-25-13-2-4-15-17(10-13)19(23)14-3-1-12(9-16(14)18(15)22)20-5-7-24-8-6-20/h1-4,9-11H,5-8H2. The van der Waals surface area contributed by atoms with Crippen molar-refractivity contribution in [1.82, 2.24) is 0 Å². The van der Waals surface area contributed by atoms with E-state index in [4.69, 9.17) is 9.47 Å². The van der Waals surface area contributed by atoms with Crippen molar-refractivity contribution in [2.75, 3.05) is 31.2 Å². The normalized spacial score (nSPS) is 16.2. The SMILES string of the molecule is O=COc1ccc2c(c1)C(=O)c1ccc(N3CCOCC3)cc1C2=O. The van der Waals surface area contributed by atoms with E-state index in [1.54, 1.807) is 12.1 Å². The van der Waals surface area contributed by atoms with Crippen molar-refractivity contribution in [2.45, 2.75) is 0 Å². The van der Waals surface area contributed by atoms with Crippen molar-refractivity contribution in [1.29, 1.82) is 0 Å². The summed E-state index contributed by atoms with van der Waals surface area (Å²) >= 11 is 0. The lowest BCUT2D eigenvalue weighted by Gasteiger charge is -2.30. The lowest BCUT2D eigenvalue weighted by Crippen LogP contribution is -2.36. The van der Waals surface area contributed by atoms with Crippen molar-refractivity contribution < 1.29 is 23.9 Å². The molecule has 1 aliphatic heterocycles. The van der Waals surface area contributed by atoms with Gasteiger partial charge in [0.25, 0.3) is 6.47 Å². The first-order chi connectivity index (χ1) is 12.2. The predicted octanol–water partition coefficient (Wildman–Crippen LogP) is 1.83. The Morgan fingerprint density at radius 3 is 2.20 bits per heavy atom. The molecule has 2 aliphatic rings. The zero-order valence-electron chi connectivity index (χ0n) is 13.4. The molecule has 0 aromatic heterocycles. The van der Waals surface area contributed by atoms with Gasteiger partial charge in [0, 0.05) is 41.0 Å². The van der Waals surface area contributed by atoms with Gasteiger partial charge in [-0.15, -0.1) is 0 Å². The molecule has 0 saturated carbocycles. The predicted molar refractivity (Wildman–Crippen MR) is 89.5 cm³/mol. The lowest BCUT2D eigenvalue weighted by atomic mass is 9.83. The van der Waals surface area contributed by atoms with Crippen LogP contribution >= 0.6 is 0 Å². The molecule has 0 amide bonds. The molecular weight excluding hydrogens is 322 g/mol. The Hall–Kier alpha value is -2.99. The number of carbonyl (C=O) groups excluding carboxylic acids is 3. The molecule has 0 radical (unpaired) electrons. The molecule has 0 atom stereocenters. The van der Waals surface area contributed by atoms with E-state index in [2.05, 4.69) is 4.90 Å². The third kappa shape index (κ3) is 2.60. The number of nitrogens with zero attached hydrogens (tertiary/aromatic N) is 1. The first-order valence-corrected chi connectivity index (χ1v) is 7.99. The quantitative estimate of drug-likeness (QED) is 0.679. The van der Waals surface area contributed by atoms with Crippen LogP contribution < -0.4 is 9.64 Å². The van der Waals surface area contributed by atoms with Gasteiger partial charge in [0.15, 0.2) is 11.6 Å². The van der Waals surface area contributed by atoms with Crippen molar-refractivity contribution in [3.05, 3.63) is 58.7 Å². The minimum absolute atomic E-state index is 0.197. The van der Waals surface area contributed by atoms with Gasteiger partial charge < -0.3 is 14.4 Å². The van der Waals surface area contributed by atoms with Crippen molar-refractivity contribution in [3.8, 4) is 5.75 Å². The van der Waals surface area contributed by atoms with Gasteiger partial charge in [0.05, 0.1) is 13.2 Å². The molecule has 6 nitrogen and oxygen atoms in total. The summed E-state index contributed by atoms with van der Waals surface area (Å²) in [5.41, 5.74) is 2.28. The highest BCUT2D eigenvalue weighted by Gasteiger charge is 2.30. The monoisotopic (exact) mass is 337 g/mol. The first kappa shape index (κ1) is 15.5. The van der Waals surface area contributed by atoms with Crippen LogP contribution in [0.2, 0.25) is 0 Å². The average Bonchev–Trinajstić information content (AvgIpc) is 2.66. The molecule has 2 aromatic carbocycles. The molecular formula is C19H15NO5. The fourth-order valence-corrected chi connectivity index (χ4v) is 3.26. The Labute approximate surface area is 144 Å². The Bertz CT molecular complexity index is 883. The number of benzene rings is 2. The van der Waals surface area contributed by atoms with E-state index in [-0.39, 0.29) is 22.9 Å². The van der Waals surface area contributed by atoms with Crippen molar-refractivity contribution in [2.24, 2.45) is 0 Å². The van der Waals surface area contributed by atoms with Crippen LogP contribution in [0.1, 0.15) is 31.8 Å². The van der Waals surface area contributed by atoms with Gasteiger partial charge in [-0.3, -0.25) is 14.4 Å². The summed E-state index contributed by atoms with van der Waals surface area (Å²) in [5, 5.41) is 0. The molecule has 25 heavy (non-hydrogen) atoms. The summed E-state index contributed by atoms with van der Waals surface area (Å²) < 4.78 is 10.1. The highest BCUT2D eigenvalue weighted by molar-refractivity contribution is 6.28. The van der Waals surface area contributed by atoms with E-state index in [1.807, 2.05) is 6.07 Å². The van der Waals surface area contributed by atoms with Crippen LogP contribution in [-0.4, -0.2) is 44.3 Å². The number of ether oxygens (including phenoxy) is 2. The van der Waals surface area contributed by atoms with Crippen LogP contribution in [0.3, 0.4) is 0 Å². The zero-order chi connectivity index (χ0) is 17.4. The second-order valence-electron chi connectivity index (χ2n) is 5.91. The number of hydrogen-bond donors (Lipinski definition) is 0. The Morgan fingerprint density at radius 1 is 0.880 bits per heavy atom. The molecule has 0 spiro atoms. The van der Waals surface area contributed by atoms with Gasteiger partial charge in [0.2, 0.25) is 0 Å². The minimum Gasteiger partial charge on any atom is -0.429 e. The van der Waals surface area contributed by atoms with Crippen LogP contribution in [0.5, 0.6) is 5.75 Å². The molecule has 1 heterocycles. The number of fused-ring (bicyclic) bond motifs is 2. The van der Waals surface area contributed by atoms with Crippen LogP contribution in [0.4, 0.5) is 5.69 Å². The summed E-state index contributed by atoms with van der Waals surface area (Å²) in [6.45, 7) is 3.09. The molecule has 1 aliphatic carbocycles. The highest BCUT2D eigenvalue weighted by atomic mass is 16.5. The number of rotatable bonds is 3. The number of morpholine rings is 1. The van der Waals surface area contributed by atoms with E-state index >= 15 is 0 Å². The number of hydrogen-bond acceptors (Lipinski definition) is 6. The summed E-state index contributed by atoms with van der Waals surface area (Å²) in [6.07, 6.45) is 0. The van der Waals surface area contributed by atoms with Crippen molar-refractivity contribution >= 4 is 23.7 Å². The summed E-state index contributed by atoms with van der Waals surface area (Å²) in [5.74, 6) is -0.199. The molecule has 0 unspecified atom stereocenters. The molecule has 1 fully saturated rings. The number of ketones is 2. The van der Waals surface area contributed by atoms with Gasteiger partial charge >= 0.3 is 0 Å². The molecule has 126 valence electrons. The molecule has 1 saturated heterocycles. The van der Waals surface area contributed by atoms with Gasteiger partial charge in [-0.05, 0) is 36.4 Å². The van der Waals surface area contributed by atoms with Crippen LogP contribution in [-0.2, 0) is 9.53 Å². The van der Waals surface area contributed by atoms with Gasteiger partial charge in [0.1, 0.15) is 5.75 Å². The minimum atomic E-state index is -0.241. The average molecular weight is 337 g/mol. The molecule has 0 N–H and O–H groups in total. The number of carbonyl (C=O) groups is 3. The fourth-order valence-electron chi connectivity index (χ4n) is 3.26. The molecule has 2 aromatic rings. The molecule has 0 bridgehead atoms. The van der Waals surface area contributed by atoms with Crippen LogP contribution in [0.15, 0.2) is 36.4 Å². The van der Waals surface area contributed by atoms with Gasteiger partial charge in [-0.2, -0.15) is 0 Å². The van der Waals surface area contributed by atoms with E-state index in [1.165, 1.54) is 18.2 Å². The van der Waals surface area contributed by atoms with Gasteiger partial charge in [-0.1, -0.05) is 0 Å². The smallest absolute Gasteiger partial charge is 0.298 e. The van der Waals surface area contributed by atoms with E-state index in [9.17, 15) is 14.4 Å². The summed E-state index contributed by atoms with van der Waals surface area (Å²) in [6, 6.07) is 9.79. The Kier molecular flexibility index (Phi) is 3.82. The Morgan fingerprint density at radius 2 is 1.52 bits per heavy atom. The summed E-state index contributed by atoms with van der Waals surface area (Å²) in [7, 11) is 0. The fraction of sp³-hybridized carbons (Fsp3) is 0.211. The topological polar surface area (TPSA) is 72.9 Å².